The van der Waals surface area contributed by atoms with Crippen LogP contribution in [0.2, 0.25) is 0 Å². The predicted molar refractivity (Wildman–Crippen MR) is 83.9 cm³/mol. The molecule has 0 spiro atoms. The second-order valence-electron chi connectivity index (χ2n) is 6.18. The predicted octanol–water partition coefficient (Wildman–Crippen LogP) is 4.39. The number of hydrogen-bond acceptors (Lipinski definition) is 2. The van der Waals surface area contributed by atoms with Crippen LogP contribution in [0.15, 0.2) is 18.2 Å². The summed E-state index contributed by atoms with van der Waals surface area (Å²) in [5.41, 5.74) is 2.08. The van der Waals surface area contributed by atoms with Crippen LogP contribution in [0.4, 0.5) is 0 Å². The lowest BCUT2D eigenvalue weighted by molar-refractivity contribution is 0.427. The summed E-state index contributed by atoms with van der Waals surface area (Å²) in [5, 5.41) is 22.9. The molecule has 0 saturated heterocycles. The number of phenolic OH excluding ortho intramolecular Hbond substituents is 2. The van der Waals surface area contributed by atoms with E-state index in [1.807, 2.05) is 18.2 Å². The molecule has 4 rings (SSSR count). The van der Waals surface area contributed by atoms with Crippen molar-refractivity contribution in [1.29, 1.82) is 0 Å². The molecule has 1 fully saturated rings. The Labute approximate surface area is 125 Å². The number of phenols is 2. The van der Waals surface area contributed by atoms with Crippen molar-refractivity contribution in [2.45, 2.75) is 37.5 Å². The third-order valence-corrected chi connectivity index (χ3v) is 5.68. The van der Waals surface area contributed by atoms with Crippen LogP contribution >= 0.6 is 22.6 Å². The Kier molecular flexibility index (Phi) is 2.22. The van der Waals surface area contributed by atoms with Crippen molar-refractivity contribution in [3.8, 4) is 11.5 Å². The lowest BCUT2D eigenvalue weighted by Crippen LogP contribution is -2.16. The van der Waals surface area contributed by atoms with Gasteiger partial charge in [-0.1, -0.05) is 6.92 Å². The third-order valence-electron chi connectivity index (χ3n) is 5.01. The molecule has 0 heterocycles. The zero-order valence-electron chi connectivity index (χ0n) is 10.7. The van der Waals surface area contributed by atoms with Gasteiger partial charge in [-0.25, -0.2) is 0 Å². The Balaban J connectivity index is 2.18. The number of hydrogen-bond donors (Lipinski definition) is 2. The van der Waals surface area contributed by atoms with E-state index < -0.39 is 0 Å². The Morgan fingerprint density at radius 2 is 2.00 bits per heavy atom. The summed E-state index contributed by atoms with van der Waals surface area (Å²) in [6.07, 6.45) is 3.32. The van der Waals surface area contributed by atoms with Crippen LogP contribution in [0.25, 0.3) is 10.8 Å². The van der Waals surface area contributed by atoms with E-state index >= 15 is 0 Å². The van der Waals surface area contributed by atoms with E-state index in [2.05, 4.69) is 29.5 Å². The van der Waals surface area contributed by atoms with Gasteiger partial charge >= 0.3 is 0 Å². The number of halogens is 1. The van der Waals surface area contributed by atoms with Crippen LogP contribution in [-0.2, 0) is 5.41 Å². The molecule has 2 N–H and O–H groups in total. The van der Waals surface area contributed by atoms with Crippen molar-refractivity contribution < 1.29 is 10.2 Å². The minimum absolute atomic E-state index is 0.0543. The zero-order chi connectivity index (χ0) is 13.4. The lowest BCUT2D eigenvalue weighted by atomic mass is 9.79. The first-order valence-electron chi connectivity index (χ1n) is 6.69. The minimum atomic E-state index is 0.0543. The molecule has 2 aromatic carbocycles. The van der Waals surface area contributed by atoms with Gasteiger partial charge in [0.25, 0.3) is 0 Å². The highest BCUT2D eigenvalue weighted by Gasteiger charge is 2.49. The van der Waals surface area contributed by atoms with Crippen molar-refractivity contribution >= 4 is 33.4 Å². The van der Waals surface area contributed by atoms with E-state index in [1.165, 1.54) is 0 Å². The molecule has 2 atom stereocenters. The van der Waals surface area contributed by atoms with E-state index in [-0.39, 0.29) is 5.41 Å². The van der Waals surface area contributed by atoms with Crippen molar-refractivity contribution in [1.82, 2.24) is 0 Å². The molecule has 19 heavy (non-hydrogen) atoms. The summed E-state index contributed by atoms with van der Waals surface area (Å²) in [7, 11) is 0. The third kappa shape index (κ3) is 1.37. The highest BCUT2D eigenvalue weighted by Crippen LogP contribution is 2.63. The van der Waals surface area contributed by atoms with Crippen LogP contribution in [0, 0.1) is 3.57 Å². The van der Waals surface area contributed by atoms with Gasteiger partial charge in [-0.15, -0.1) is 0 Å². The number of rotatable bonds is 0. The van der Waals surface area contributed by atoms with Gasteiger partial charge in [-0.2, -0.15) is 0 Å². The van der Waals surface area contributed by atoms with Crippen LogP contribution < -0.4 is 0 Å². The van der Waals surface area contributed by atoms with Gasteiger partial charge in [0.05, 0.1) is 0 Å². The summed E-state index contributed by atoms with van der Waals surface area (Å²) in [6, 6.07) is 5.85. The van der Waals surface area contributed by atoms with Gasteiger partial charge < -0.3 is 10.2 Å². The van der Waals surface area contributed by atoms with E-state index in [0.29, 0.717) is 17.4 Å². The Morgan fingerprint density at radius 3 is 2.79 bits per heavy atom. The molecule has 3 heteroatoms. The SMILES string of the molecule is CC12CCC(C1)c1c2c(O)c2ccc(I)cc2c1O. The van der Waals surface area contributed by atoms with Crippen molar-refractivity contribution in [3.63, 3.8) is 0 Å². The van der Waals surface area contributed by atoms with Gasteiger partial charge in [0, 0.05) is 25.5 Å². The quantitative estimate of drug-likeness (QED) is 0.536. The van der Waals surface area contributed by atoms with Gasteiger partial charge in [0.2, 0.25) is 0 Å². The summed E-state index contributed by atoms with van der Waals surface area (Å²) < 4.78 is 1.08. The molecule has 2 aliphatic rings. The molecule has 2 aliphatic carbocycles. The minimum Gasteiger partial charge on any atom is -0.507 e. The topological polar surface area (TPSA) is 40.5 Å². The molecule has 0 aromatic heterocycles. The first-order valence-corrected chi connectivity index (χ1v) is 7.77. The van der Waals surface area contributed by atoms with Gasteiger partial charge in [0.1, 0.15) is 11.5 Å². The van der Waals surface area contributed by atoms with Gasteiger partial charge in [-0.3, -0.25) is 0 Å². The molecule has 1 saturated carbocycles. The highest BCUT2D eigenvalue weighted by atomic mass is 127. The summed E-state index contributed by atoms with van der Waals surface area (Å²) in [4.78, 5) is 0. The molecule has 0 amide bonds. The lowest BCUT2D eigenvalue weighted by Gasteiger charge is -2.26. The summed E-state index contributed by atoms with van der Waals surface area (Å²) in [5.74, 6) is 1.21. The maximum Gasteiger partial charge on any atom is 0.127 e. The van der Waals surface area contributed by atoms with Crippen LogP contribution in [0.1, 0.15) is 43.2 Å². The monoisotopic (exact) mass is 366 g/mol. The molecular weight excluding hydrogens is 351 g/mol. The average molecular weight is 366 g/mol. The van der Waals surface area contributed by atoms with Crippen LogP contribution in [-0.4, -0.2) is 10.2 Å². The summed E-state index contributed by atoms with van der Waals surface area (Å²) >= 11 is 2.24. The van der Waals surface area contributed by atoms with Crippen LogP contribution in [0.3, 0.4) is 0 Å². The fourth-order valence-electron chi connectivity index (χ4n) is 4.17. The molecule has 2 bridgehead atoms. The second kappa shape index (κ2) is 3.57. The van der Waals surface area contributed by atoms with Crippen molar-refractivity contribution in [2.75, 3.05) is 0 Å². The first-order chi connectivity index (χ1) is 9.01. The van der Waals surface area contributed by atoms with Gasteiger partial charge in [0.15, 0.2) is 0 Å². The smallest absolute Gasteiger partial charge is 0.127 e. The van der Waals surface area contributed by atoms with E-state index in [4.69, 9.17) is 0 Å². The maximum atomic E-state index is 10.7. The molecule has 0 aliphatic heterocycles. The standard InChI is InChI=1S/C16H15IO2/c1-16-5-4-8(7-16)12-13(16)15(19)10-3-2-9(17)6-11(10)14(12)18/h2-3,6,8,18-19H,4-5,7H2,1H3. The largest absolute Gasteiger partial charge is 0.507 e. The zero-order valence-corrected chi connectivity index (χ0v) is 12.9. The normalized spacial score (nSPS) is 28.0. The fraction of sp³-hybridized carbons (Fsp3) is 0.375. The average Bonchev–Trinajstić information content (AvgIpc) is 2.89. The Hall–Kier alpha value is -0.970. The van der Waals surface area contributed by atoms with Crippen LogP contribution in [0.5, 0.6) is 11.5 Å². The molecule has 2 nitrogen and oxygen atoms in total. The number of aromatic hydroxyl groups is 2. The Morgan fingerprint density at radius 1 is 1.21 bits per heavy atom. The first kappa shape index (κ1) is 11.8. The van der Waals surface area contributed by atoms with E-state index in [1.54, 1.807) is 0 Å². The molecule has 2 aromatic rings. The van der Waals surface area contributed by atoms with Crippen molar-refractivity contribution in [2.24, 2.45) is 0 Å². The fourth-order valence-corrected chi connectivity index (χ4v) is 4.66. The summed E-state index contributed by atoms with van der Waals surface area (Å²) in [6.45, 7) is 2.22. The second-order valence-corrected chi connectivity index (χ2v) is 7.42. The molecule has 98 valence electrons. The molecular formula is C16H15IO2. The van der Waals surface area contributed by atoms with E-state index in [0.717, 1.165) is 44.7 Å². The van der Waals surface area contributed by atoms with Gasteiger partial charge in [-0.05, 0) is 71.4 Å². The number of fused-ring (bicyclic) bond motifs is 6. The molecule has 2 unspecified atom stereocenters. The Bertz CT molecular complexity index is 722. The molecule has 0 radical (unpaired) electrons. The number of benzene rings is 2. The highest BCUT2D eigenvalue weighted by molar-refractivity contribution is 14.1. The maximum absolute atomic E-state index is 10.7. The van der Waals surface area contributed by atoms with Crippen molar-refractivity contribution in [3.05, 3.63) is 32.9 Å². The van der Waals surface area contributed by atoms with E-state index in [9.17, 15) is 10.2 Å².